The van der Waals surface area contributed by atoms with Crippen LogP contribution >= 0.6 is 0 Å². The molecule has 98 valence electrons. The van der Waals surface area contributed by atoms with Crippen LogP contribution in [0.15, 0.2) is 54.4 Å². The van der Waals surface area contributed by atoms with Crippen molar-refractivity contribution in [2.24, 2.45) is 0 Å². The number of hydrogen-bond donors (Lipinski definition) is 0. The van der Waals surface area contributed by atoms with Crippen LogP contribution in [-0.4, -0.2) is 20.2 Å². The van der Waals surface area contributed by atoms with E-state index in [-0.39, 0.29) is 0 Å². The third kappa shape index (κ3) is 3.55. The Morgan fingerprint density at radius 1 is 1.05 bits per heavy atom. The molecule has 0 radical (unpaired) electrons. The van der Waals surface area contributed by atoms with Crippen LogP contribution in [0.5, 0.6) is 5.75 Å². The fourth-order valence-corrected chi connectivity index (χ4v) is 3.56. The molecule has 1 aromatic carbocycles. The van der Waals surface area contributed by atoms with Crippen LogP contribution in [0.2, 0.25) is 13.1 Å². The number of methoxy groups -OCH3 is 1. The summed E-state index contributed by atoms with van der Waals surface area (Å²) in [6.07, 6.45) is 4.05. The molecular formula is C16H19NOSi. The van der Waals surface area contributed by atoms with Gasteiger partial charge in [0.1, 0.15) is 13.8 Å². The number of hydrogen-bond acceptors (Lipinski definition) is 2. The number of ether oxygens (including phenoxy) is 1. The Balaban J connectivity index is 2.16. The number of rotatable bonds is 4. The molecule has 1 aromatic heterocycles. The average molecular weight is 269 g/mol. The zero-order valence-electron chi connectivity index (χ0n) is 11.6. The summed E-state index contributed by atoms with van der Waals surface area (Å²) in [4.78, 5) is 4.48. The maximum atomic E-state index is 5.16. The van der Waals surface area contributed by atoms with E-state index in [1.165, 1.54) is 10.9 Å². The maximum absolute atomic E-state index is 5.16. The monoisotopic (exact) mass is 269 g/mol. The van der Waals surface area contributed by atoms with E-state index in [2.05, 4.69) is 54.1 Å². The molecule has 3 heteroatoms. The van der Waals surface area contributed by atoms with Crippen LogP contribution in [0.1, 0.15) is 5.56 Å². The second-order valence-electron chi connectivity index (χ2n) is 5.04. The Kier molecular flexibility index (Phi) is 4.17. The van der Waals surface area contributed by atoms with Gasteiger partial charge in [-0.05, 0) is 29.8 Å². The summed E-state index contributed by atoms with van der Waals surface area (Å²) in [6.45, 7) is 4.60. The van der Waals surface area contributed by atoms with Crippen molar-refractivity contribution in [2.45, 2.75) is 13.1 Å². The summed E-state index contributed by atoms with van der Waals surface area (Å²) >= 11 is 0. The highest BCUT2D eigenvalue weighted by Gasteiger charge is 2.20. The smallest absolute Gasteiger partial charge is 0.127 e. The Morgan fingerprint density at radius 2 is 1.79 bits per heavy atom. The van der Waals surface area contributed by atoms with Gasteiger partial charge in [-0.1, -0.05) is 43.1 Å². The van der Waals surface area contributed by atoms with Crippen LogP contribution in [0.4, 0.5) is 0 Å². The third-order valence-electron chi connectivity index (χ3n) is 3.13. The normalized spacial score (nSPS) is 11.7. The van der Waals surface area contributed by atoms with Gasteiger partial charge in [0.05, 0.1) is 7.11 Å². The van der Waals surface area contributed by atoms with E-state index in [0.29, 0.717) is 0 Å². The van der Waals surface area contributed by atoms with Gasteiger partial charge in [-0.2, -0.15) is 0 Å². The van der Waals surface area contributed by atoms with E-state index in [9.17, 15) is 0 Å². The lowest BCUT2D eigenvalue weighted by Gasteiger charge is -2.16. The molecule has 2 nitrogen and oxygen atoms in total. The molecule has 0 spiro atoms. The van der Waals surface area contributed by atoms with Crippen LogP contribution < -0.4 is 10.1 Å². The zero-order chi connectivity index (χ0) is 13.7. The summed E-state index contributed by atoms with van der Waals surface area (Å²) < 4.78 is 5.16. The molecule has 0 unspecified atom stereocenters. The van der Waals surface area contributed by atoms with Gasteiger partial charge in [0.25, 0.3) is 0 Å². The summed E-state index contributed by atoms with van der Waals surface area (Å²) in [5.41, 5.74) is 3.51. The van der Waals surface area contributed by atoms with E-state index in [1.54, 1.807) is 7.11 Å². The first-order valence-corrected chi connectivity index (χ1v) is 9.44. The summed E-state index contributed by atoms with van der Waals surface area (Å²) in [6, 6.07) is 14.2. The first-order chi connectivity index (χ1) is 9.12. The van der Waals surface area contributed by atoms with Crippen molar-refractivity contribution in [1.82, 2.24) is 4.98 Å². The lowest BCUT2D eigenvalue weighted by atomic mass is 10.2. The second kappa shape index (κ2) is 5.84. The summed E-state index contributed by atoms with van der Waals surface area (Å²) in [5.74, 6) is 0.887. The van der Waals surface area contributed by atoms with E-state index in [1.807, 2.05) is 24.4 Å². The molecular weight excluding hydrogens is 250 g/mol. The topological polar surface area (TPSA) is 22.1 Å². The molecule has 0 N–H and O–H groups in total. The predicted octanol–water partition coefficient (Wildman–Crippen LogP) is 3.26. The van der Waals surface area contributed by atoms with E-state index in [4.69, 9.17) is 4.74 Å². The molecule has 1 heterocycles. The van der Waals surface area contributed by atoms with Crippen molar-refractivity contribution in [1.29, 1.82) is 0 Å². The van der Waals surface area contributed by atoms with Crippen molar-refractivity contribution < 1.29 is 4.74 Å². The Labute approximate surface area is 115 Å². The van der Waals surface area contributed by atoms with Gasteiger partial charge in [-0.15, -0.1) is 0 Å². The maximum Gasteiger partial charge on any atom is 0.127 e. The fraction of sp³-hybridized carbons (Fsp3) is 0.188. The Hall–Kier alpha value is -1.87. The number of pyridine rings is 1. The first kappa shape index (κ1) is 13.6. The number of benzene rings is 1. The van der Waals surface area contributed by atoms with E-state index < -0.39 is 8.07 Å². The molecule has 19 heavy (non-hydrogen) atoms. The van der Waals surface area contributed by atoms with Gasteiger partial charge < -0.3 is 4.74 Å². The van der Waals surface area contributed by atoms with Crippen molar-refractivity contribution >= 4 is 19.5 Å². The third-order valence-corrected chi connectivity index (χ3v) is 5.75. The Morgan fingerprint density at radius 3 is 2.37 bits per heavy atom. The van der Waals surface area contributed by atoms with Gasteiger partial charge in [0.15, 0.2) is 0 Å². The van der Waals surface area contributed by atoms with Crippen molar-refractivity contribution in [2.75, 3.05) is 7.11 Å². The molecule has 0 amide bonds. The van der Waals surface area contributed by atoms with Gasteiger partial charge in [-0.25, -0.2) is 0 Å². The molecule has 2 aromatic rings. The van der Waals surface area contributed by atoms with Gasteiger partial charge >= 0.3 is 0 Å². The summed E-state index contributed by atoms with van der Waals surface area (Å²) in [5, 5.41) is 1.21. The highest BCUT2D eigenvalue weighted by atomic mass is 28.3. The number of nitrogens with zero attached hydrogens (tertiary/aromatic N) is 1. The molecule has 2 rings (SSSR count). The number of aromatic nitrogens is 1. The molecule has 0 aliphatic rings. The van der Waals surface area contributed by atoms with Crippen LogP contribution in [-0.2, 0) is 0 Å². The lowest BCUT2D eigenvalue weighted by Crippen LogP contribution is -2.41. The molecule has 0 saturated carbocycles. The van der Waals surface area contributed by atoms with E-state index >= 15 is 0 Å². The summed E-state index contributed by atoms with van der Waals surface area (Å²) in [7, 11) is 0.0755. The van der Waals surface area contributed by atoms with Gasteiger partial charge in [-0.3, -0.25) is 4.98 Å². The minimum Gasteiger partial charge on any atom is -0.497 e. The minimum atomic E-state index is -1.61. The molecule has 0 bridgehead atoms. The minimum absolute atomic E-state index is 0.887. The largest absolute Gasteiger partial charge is 0.497 e. The predicted molar refractivity (Wildman–Crippen MR) is 83.4 cm³/mol. The molecule has 0 atom stereocenters. The molecule has 0 aliphatic carbocycles. The molecule has 0 aliphatic heterocycles. The van der Waals surface area contributed by atoms with E-state index in [0.717, 1.165) is 5.75 Å². The van der Waals surface area contributed by atoms with Gasteiger partial charge in [0, 0.05) is 11.5 Å². The Bertz CT molecular complexity index is 547. The lowest BCUT2D eigenvalue weighted by molar-refractivity contribution is 0.415. The van der Waals surface area contributed by atoms with Crippen molar-refractivity contribution in [3.63, 3.8) is 0 Å². The average Bonchev–Trinajstić information content (AvgIpc) is 2.47. The SMILES string of the molecule is COc1ccc(/C=C/[Si](C)(C)c2ccccn2)cc1. The van der Waals surface area contributed by atoms with Crippen LogP contribution in [0, 0.1) is 0 Å². The first-order valence-electron chi connectivity index (χ1n) is 6.36. The van der Waals surface area contributed by atoms with Crippen LogP contribution in [0.25, 0.3) is 6.08 Å². The highest BCUT2D eigenvalue weighted by molar-refractivity contribution is 6.93. The zero-order valence-corrected chi connectivity index (χ0v) is 12.6. The standard InChI is InChI=1S/C16H19NOSi/c1-18-15-9-7-14(8-10-15)11-13-19(2,3)16-6-4-5-12-17-16/h4-13H,1-3H3/b13-11+. The van der Waals surface area contributed by atoms with Gasteiger partial charge in [0.2, 0.25) is 0 Å². The van der Waals surface area contributed by atoms with Crippen molar-refractivity contribution in [3.8, 4) is 5.75 Å². The molecule has 0 saturated heterocycles. The highest BCUT2D eigenvalue weighted by Crippen LogP contribution is 2.14. The quantitative estimate of drug-likeness (QED) is 0.795. The fourth-order valence-electron chi connectivity index (χ4n) is 1.85. The molecule has 0 fully saturated rings. The second-order valence-corrected chi connectivity index (χ2v) is 9.33. The van der Waals surface area contributed by atoms with Crippen LogP contribution in [0.3, 0.4) is 0 Å². The van der Waals surface area contributed by atoms with Crippen molar-refractivity contribution in [3.05, 3.63) is 59.9 Å².